The van der Waals surface area contributed by atoms with Crippen LogP contribution in [-0.2, 0) is 14.3 Å². The molecule has 112 valence electrons. The summed E-state index contributed by atoms with van der Waals surface area (Å²) in [7, 11) is 0. The van der Waals surface area contributed by atoms with Gasteiger partial charge in [-0.1, -0.05) is 26.7 Å². The summed E-state index contributed by atoms with van der Waals surface area (Å²) in [6.07, 6.45) is 1.88. The van der Waals surface area contributed by atoms with Gasteiger partial charge in [-0.25, -0.2) is 9.69 Å². The highest BCUT2D eigenvalue weighted by atomic mass is 16.6. The van der Waals surface area contributed by atoms with Gasteiger partial charge in [0.15, 0.2) is 0 Å². The number of amides is 2. The summed E-state index contributed by atoms with van der Waals surface area (Å²) >= 11 is 0. The Morgan fingerprint density at radius 2 is 2.00 bits per heavy atom. The molecule has 20 heavy (non-hydrogen) atoms. The summed E-state index contributed by atoms with van der Waals surface area (Å²) in [5.41, 5.74) is -0.999. The van der Waals surface area contributed by atoms with Gasteiger partial charge < -0.3 is 9.84 Å². The molecule has 1 aliphatic heterocycles. The fraction of sp³-hybridized carbons (Fsp3) is 0.786. The largest absolute Gasteiger partial charge is 0.481 e. The van der Waals surface area contributed by atoms with Gasteiger partial charge >= 0.3 is 12.1 Å². The topological polar surface area (TPSA) is 83.9 Å². The molecule has 1 heterocycles. The normalized spacial score (nSPS) is 25.1. The number of rotatable bonds is 4. The van der Waals surface area contributed by atoms with Crippen molar-refractivity contribution in [3.05, 3.63) is 0 Å². The first-order chi connectivity index (χ1) is 9.37. The van der Waals surface area contributed by atoms with Crippen LogP contribution >= 0.6 is 0 Å². The Morgan fingerprint density at radius 3 is 2.50 bits per heavy atom. The first-order valence-corrected chi connectivity index (χ1v) is 7.09. The number of hydrogen-bond acceptors (Lipinski definition) is 4. The molecule has 0 unspecified atom stereocenters. The first-order valence-electron chi connectivity index (χ1n) is 7.09. The second-order valence-electron chi connectivity index (χ2n) is 6.12. The summed E-state index contributed by atoms with van der Waals surface area (Å²) in [5.74, 6) is -1.26. The van der Waals surface area contributed by atoms with Crippen molar-refractivity contribution in [2.45, 2.75) is 52.0 Å². The lowest BCUT2D eigenvalue weighted by Crippen LogP contribution is -2.45. The average molecular weight is 283 g/mol. The quantitative estimate of drug-likeness (QED) is 0.853. The summed E-state index contributed by atoms with van der Waals surface area (Å²) in [6.45, 7) is 4.02. The van der Waals surface area contributed by atoms with Crippen LogP contribution in [0.25, 0.3) is 0 Å². The molecule has 2 fully saturated rings. The molecule has 6 heteroatoms. The van der Waals surface area contributed by atoms with Crippen LogP contribution in [0.1, 0.15) is 46.0 Å². The zero-order valence-electron chi connectivity index (χ0n) is 11.9. The molecule has 1 N–H and O–H groups in total. The predicted octanol–water partition coefficient (Wildman–Crippen LogP) is 2.02. The lowest BCUT2D eigenvalue weighted by atomic mass is 9.82. The number of aliphatic carboxylic acids is 1. The van der Waals surface area contributed by atoms with Gasteiger partial charge in [0, 0.05) is 6.42 Å². The van der Waals surface area contributed by atoms with Crippen LogP contribution < -0.4 is 0 Å². The van der Waals surface area contributed by atoms with Crippen LogP contribution in [0.4, 0.5) is 4.79 Å². The number of cyclic esters (lactones) is 1. The minimum Gasteiger partial charge on any atom is -0.481 e. The van der Waals surface area contributed by atoms with Crippen molar-refractivity contribution in [2.75, 3.05) is 6.61 Å². The summed E-state index contributed by atoms with van der Waals surface area (Å²) in [4.78, 5) is 36.7. The first kappa shape index (κ1) is 14.8. The molecule has 0 spiro atoms. The van der Waals surface area contributed by atoms with E-state index in [0.29, 0.717) is 12.8 Å². The van der Waals surface area contributed by atoms with Gasteiger partial charge in [0.2, 0.25) is 5.91 Å². The molecule has 0 aromatic carbocycles. The third-order valence-corrected chi connectivity index (χ3v) is 4.45. The Bertz CT molecular complexity index is 425. The molecule has 2 rings (SSSR count). The maximum Gasteiger partial charge on any atom is 0.416 e. The Kier molecular flexibility index (Phi) is 4.01. The van der Waals surface area contributed by atoms with E-state index in [9.17, 15) is 19.5 Å². The van der Waals surface area contributed by atoms with E-state index in [-0.39, 0.29) is 25.0 Å². The molecule has 1 atom stereocenters. The Hall–Kier alpha value is -1.59. The minimum atomic E-state index is -0.999. The summed E-state index contributed by atoms with van der Waals surface area (Å²) in [6, 6.07) is -0.290. The Labute approximate surface area is 118 Å². The zero-order valence-corrected chi connectivity index (χ0v) is 11.9. The third kappa shape index (κ3) is 2.51. The van der Waals surface area contributed by atoms with Gasteiger partial charge in [0.25, 0.3) is 0 Å². The molecule has 1 aliphatic carbocycles. The molecule has 0 aromatic rings. The van der Waals surface area contributed by atoms with E-state index >= 15 is 0 Å². The third-order valence-electron chi connectivity index (χ3n) is 4.45. The highest BCUT2D eigenvalue weighted by molar-refractivity contribution is 5.96. The number of carbonyl (C=O) groups is 3. The minimum absolute atomic E-state index is 0.0924. The van der Waals surface area contributed by atoms with E-state index in [1.807, 2.05) is 13.8 Å². The van der Waals surface area contributed by atoms with Crippen LogP contribution in [0.5, 0.6) is 0 Å². The average Bonchev–Trinajstić information content (AvgIpc) is 2.96. The second kappa shape index (κ2) is 5.42. The molecule has 1 saturated heterocycles. The fourth-order valence-corrected chi connectivity index (χ4v) is 3.11. The van der Waals surface area contributed by atoms with E-state index < -0.39 is 23.4 Å². The monoisotopic (exact) mass is 283 g/mol. The zero-order chi connectivity index (χ0) is 14.9. The van der Waals surface area contributed by atoms with E-state index in [0.717, 1.165) is 17.7 Å². The van der Waals surface area contributed by atoms with Crippen molar-refractivity contribution < 1.29 is 24.2 Å². The molecular formula is C14H21NO5. The highest BCUT2D eigenvalue weighted by Gasteiger charge is 2.47. The number of ether oxygens (including phenoxy) is 1. The van der Waals surface area contributed by atoms with Crippen molar-refractivity contribution >= 4 is 18.0 Å². The summed E-state index contributed by atoms with van der Waals surface area (Å²) in [5, 5.41) is 9.41. The maximum atomic E-state index is 12.4. The molecule has 2 amide bonds. The van der Waals surface area contributed by atoms with Crippen molar-refractivity contribution in [2.24, 2.45) is 11.3 Å². The molecular weight excluding hydrogens is 262 g/mol. The lowest BCUT2D eigenvalue weighted by molar-refractivity contribution is -0.153. The molecule has 0 aromatic heterocycles. The predicted molar refractivity (Wildman–Crippen MR) is 70.0 cm³/mol. The lowest BCUT2D eigenvalue weighted by Gasteiger charge is -2.28. The molecule has 6 nitrogen and oxygen atoms in total. The van der Waals surface area contributed by atoms with Crippen LogP contribution in [0.3, 0.4) is 0 Å². The van der Waals surface area contributed by atoms with Gasteiger partial charge in [-0.3, -0.25) is 9.59 Å². The highest BCUT2D eigenvalue weighted by Crippen LogP contribution is 2.42. The number of carboxylic acids is 1. The van der Waals surface area contributed by atoms with Crippen molar-refractivity contribution in [3.8, 4) is 0 Å². The van der Waals surface area contributed by atoms with E-state index in [2.05, 4.69) is 0 Å². The van der Waals surface area contributed by atoms with Crippen molar-refractivity contribution in [1.82, 2.24) is 4.90 Å². The van der Waals surface area contributed by atoms with Gasteiger partial charge in [-0.15, -0.1) is 0 Å². The Balaban J connectivity index is 2.14. The van der Waals surface area contributed by atoms with Crippen molar-refractivity contribution in [1.29, 1.82) is 0 Å². The SMILES string of the molecule is CC(C)[C@H]1COC(=O)N1C(=O)CC1(C(=O)O)CCCC1. The molecule has 0 radical (unpaired) electrons. The molecule has 1 saturated carbocycles. The molecule has 2 aliphatic rings. The van der Waals surface area contributed by atoms with Gasteiger partial charge in [-0.2, -0.15) is 0 Å². The van der Waals surface area contributed by atoms with E-state index in [4.69, 9.17) is 4.74 Å². The van der Waals surface area contributed by atoms with Crippen LogP contribution in [0, 0.1) is 11.3 Å². The molecule has 0 bridgehead atoms. The number of nitrogens with zero attached hydrogens (tertiary/aromatic N) is 1. The maximum absolute atomic E-state index is 12.4. The van der Waals surface area contributed by atoms with Gasteiger partial charge in [0.05, 0.1) is 11.5 Å². The van der Waals surface area contributed by atoms with Crippen molar-refractivity contribution in [3.63, 3.8) is 0 Å². The number of hydrogen-bond donors (Lipinski definition) is 1. The van der Waals surface area contributed by atoms with E-state index in [1.165, 1.54) is 0 Å². The fourth-order valence-electron chi connectivity index (χ4n) is 3.11. The number of carboxylic acid groups (broad SMARTS) is 1. The van der Waals surface area contributed by atoms with Gasteiger partial charge in [-0.05, 0) is 18.8 Å². The smallest absolute Gasteiger partial charge is 0.416 e. The van der Waals surface area contributed by atoms with Crippen LogP contribution in [0.2, 0.25) is 0 Å². The van der Waals surface area contributed by atoms with E-state index in [1.54, 1.807) is 0 Å². The van der Waals surface area contributed by atoms with Crippen LogP contribution in [0.15, 0.2) is 0 Å². The summed E-state index contributed by atoms with van der Waals surface area (Å²) < 4.78 is 4.94. The Morgan fingerprint density at radius 1 is 1.40 bits per heavy atom. The van der Waals surface area contributed by atoms with Gasteiger partial charge in [0.1, 0.15) is 6.61 Å². The van der Waals surface area contributed by atoms with Crippen LogP contribution in [-0.4, -0.2) is 40.6 Å². The second-order valence-corrected chi connectivity index (χ2v) is 6.12. The number of carbonyl (C=O) groups excluding carboxylic acids is 2. The number of imide groups is 1. The standard InChI is InChI=1S/C14H21NO5/c1-9(2)10-8-20-13(19)15(10)11(16)7-14(12(17)18)5-3-4-6-14/h9-10H,3-8H2,1-2H3,(H,17,18)/t10-/m1/s1.